The molecule has 3 nitrogen and oxygen atoms in total. The van der Waals surface area contributed by atoms with E-state index in [4.69, 9.17) is 4.98 Å². The molecule has 2 N–H and O–H groups in total. The van der Waals surface area contributed by atoms with Gasteiger partial charge in [0.1, 0.15) is 0 Å². The first-order chi connectivity index (χ1) is 22.0. The Hall–Kier alpha value is -5.41. The van der Waals surface area contributed by atoms with Gasteiger partial charge in [0.15, 0.2) is 0 Å². The molecule has 0 spiro atoms. The molecule has 1 aliphatic carbocycles. The Morgan fingerprint density at radius 1 is 0.622 bits per heavy atom. The summed E-state index contributed by atoms with van der Waals surface area (Å²) in [7, 11) is 0. The van der Waals surface area contributed by atoms with Gasteiger partial charge in [0.25, 0.3) is 0 Å². The molecule has 0 saturated heterocycles. The smallest absolute Gasteiger partial charge is 0.0877 e. The molecule has 5 aromatic rings. The van der Waals surface area contributed by atoms with Gasteiger partial charge in [0, 0.05) is 22.9 Å². The SMILES string of the molecule is CC1(C)c2ccccc2-c2ccc(-c3ccc(-c4ccc(C5C=C(c6ccccc6)C=C(C6C=CC=CN6)N5)nc4)cc3)cc21. The Morgan fingerprint density at radius 3 is 2.09 bits per heavy atom. The highest BCUT2D eigenvalue weighted by atomic mass is 15.0. The van der Waals surface area contributed by atoms with Crippen molar-refractivity contribution in [1.82, 2.24) is 15.6 Å². The van der Waals surface area contributed by atoms with Gasteiger partial charge >= 0.3 is 0 Å². The molecular weight excluding hydrogens is 546 g/mol. The quantitative estimate of drug-likeness (QED) is 0.217. The van der Waals surface area contributed by atoms with Gasteiger partial charge in [0.05, 0.1) is 17.8 Å². The maximum absolute atomic E-state index is 4.96. The van der Waals surface area contributed by atoms with Crippen LogP contribution in [0.25, 0.3) is 39.0 Å². The van der Waals surface area contributed by atoms with Crippen molar-refractivity contribution in [2.75, 3.05) is 0 Å². The number of rotatable bonds is 5. The number of fused-ring (bicyclic) bond motifs is 3. The van der Waals surface area contributed by atoms with Crippen LogP contribution in [0, 0.1) is 0 Å². The van der Waals surface area contributed by atoms with Crippen LogP contribution in [-0.2, 0) is 5.41 Å². The second-order valence-corrected chi connectivity index (χ2v) is 12.6. The molecule has 0 fully saturated rings. The van der Waals surface area contributed by atoms with Gasteiger partial charge in [-0.1, -0.05) is 123 Å². The van der Waals surface area contributed by atoms with Crippen LogP contribution in [0.4, 0.5) is 0 Å². The number of dihydropyridines is 2. The highest BCUT2D eigenvalue weighted by Crippen LogP contribution is 2.49. The predicted octanol–water partition coefficient (Wildman–Crippen LogP) is 9.38. The topological polar surface area (TPSA) is 37.0 Å². The summed E-state index contributed by atoms with van der Waals surface area (Å²) in [6.07, 6.45) is 14.8. The van der Waals surface area contributed by atoms with Crippen LogP contribution in [0.15, 0.2) is 158 Å². The second kappa shape index (κ2) is 10.9. The van der Waals surface area contributed by atoms with Crippen molar-refractivity contribution in [2.45, 2.75) is 31.3 Å². The van der Waals surface area contributed by atoms with Crippen molar-refractivity contribution >= 4 is 5.57 Å². The Morgan fingerprint density at radius 2 is 1.33 bits per heavy atom. The van der Waals surface area contributed by atoms with Crippen LogP contribution in [0.2, 0.25) is 0 Å². The van der Waals surface area contributed by atoms with E-state index in [0.717, 1.165) is 22.5 Å². The molecule has 8 rings (SSSR count). The number of aromatic nitrogens is 1. The van der Waals surface area contributed by atoms with Crippen LogP contribution in [0.3, 0.4) is 0 Å². The number of allylic oxidation sites excluding steroid dienone is 4. The van der Waals surface area contributed by atoms with E-state index in [1.165, 1.54) is 44.5 Å². The largest absolute Gasteiger partial charge is 0.379 e. The molecule has 218 valence electrons. The molecule has 3 heteroatoms. The maximum atomic E-state index is 4.96. The van der Waals surface area contributed by atoms with E-state index in [9.17, 15) is 0 Å². The average Bonchev–Trinajstić information content (AvgIpc) is 3.34. The van der Waals surface area contributed by atoms with Crippen molar-refractivity contribution in [3.63, 3.8) is 0 Å². The van der Waals surface area contributed by atoms with Crippen molar-refractivity contribution in [2.24, 2.45) is 0 Å². The van der Waals surface area contributed by atoms with E-state index in [2.05, 4.69) is 158 Å². The monoisotopic (exact) mass is 581 g/mol. The van der Waals surface area contributed by atoms with Crippen LogP contribution < -0.4 is 10.6 Å². The van der Waals surface area contributed by atoms with Crippen molar-refractivity contribution in [1.29, 1.82) is 0 Å². The summed E-state index contributed by atoms with van der Waals surface area (Å²) in [4.78, 5) is 4.96. The van der Waals surface area contributed by atoms with Gasteiger partial charge in [-0.2, -0.15) is 0 Å². The lowest BCUT2D eigenvalue weighted by Gasteiger charge is -2.29. The summed E-state index contributed by atoms with van der Waals surface area (Å²) in [6, 6.07) is 39.6. The fourth-order valence-corrected chi connectivity index (χ4v) is 6.95. The number of pyridine rings is 1. The van der Waals surface area contributed by atoms with Crippen LogP contribution >= 0.6 is 0 Å². The van der Waals surface area contributed by atoms with Gasteiger partial charge in [-0.25, -0.2) is 0 Å². The van der Waals surface area contributed by atoms with E-state index in [0.29, 0.717) is 0 Å². The Bertz CT molecular complexity index is 2010. The lowest BCUT2D eigenvalue weighted by atomic mass is 9.81. The molecule has 2 aliphatic heterocycles. The molecule has 0 bridgehead atoms. The Labute approximate surface area is 265 Å². The van der Waals surface area contributed by atoms with E-state index in [-0.39, 0.29) is 17.5 Å². The van der Waals surface area contributed by atoms with Gasteiger partial charge < -0.3 is 10.6 Å². The summed E-state index contributed by atoms with van der Waals surface area (Å²) in [5.41, 5.74) is 14.8. The molecule has 0 amide bonds. The normalized spacial score (nSPS) is 19.1. The van der Waals surface area contributed by atoms with Gasteiger partial charge in [-0.3, -0.25) is 4.98 Å². The van der Waals surface area contributed by atoms with E-state index in [1.807, 2.05) is 18.5 Å². The van der Waals surface area contributed by atoms with E-state index < -0.39 is 0 Å². The summed E-state index contributed by atoms with van der Waals surface area (Å²) in [5, 5.41) is 7.18. The molecule has 2 unspecified atom stereocenters. The molecule has 3 heterocycles. The number of hydrogen-bond donors (Lipinski definition) is 2. The molecule has 0 saturated carbocycles. The number of benzene rings is 4. The Kier molecular flexibility index (Phi) is 6.60. The molecule has 45 heavy (non-hydrogen) atoms. The van der Waals surface area contributed by atoms with Gasteiger partial charge in [-0.05, 0) is 86.6 Å². The van der Waals surface area contributed by atoms with Gasteiger partial charge in [0.2, 0.25) is 0 Å². The fourth-order valence-electron chi connectivity index (χ4n) is 6.95. The van der Waals surface area contributed by atoms with Gasteiger partial charge in [-0.15, -0.1) is 0 Å². The number of nitrogens with zero attached hydrogens (tertiary/aromatic N) is 1. The minimum absolute atomic E-state index is 0.00322. The minimum Gasteiger partial charge on any atom is -0.379 e. The molecule has 1 aromatic heterocycles. The lowest BCUT2D eigenvalue weighted by molar-refractivity contribution is 0.619. The summed E-state index contributed by atoms with van der Waals surface area (Å²) in [6.45, 7) is 4.67. The highest BCUT2D eigenvalue weighted by molar-refractivity contribution is 5.84. The zero-order valence-corrected chi connectivity index (χ0v) is 25.5. The Balaban J connectivity index is 1.04. The highest BCUT2D eigenvalue weighted by Gasteiger charge is 2.35. The van der Waals surface area contributed by atoms with Crippen molar-refractivity contribution in [3.8, 4) is 33.4 Å². The number of nitrogens with one attached hydrogen (secondary N) is 2. The van der Waals surface area contributed by atoms with E-state index >= 15 is 0 Å². The van der Waals surface area contributed by atoms with Crippen LogP contribution in [0.5, 0.6) is 0 Å². The molecule has 0 radical (unpaired) electrons. The summed E-state index contributed by atoms with van der Waals surface area (Å²) >= 11 is 0. The third-order valence-electron chi connectivity index (χ3n) is 9.45. The first-order valence-corrected chi connectivity index (χ1v) is 15.7. The minimum atomic E-state index is -0.0343. The second-order valence-electron chi connectivity index (χ2n) is 12.6. The van der Waals surface area contributed by atoms with Crippen molar-refractivity contribution in [3.05, 3.63) is 180 Å². The summed E-state index contributed by atoms with van der Waals surface area (Å²) in [5.74, 6) is 0. The molecule has 4 aromatic carbocycles. The average molecular weight is 582 g/mol. The first-order valence-electron chi connectivity index (χ1n) is 15.7. The van der Waals surface area contributed by atoms with Crippen LogP contribution in [-0.4, -0.2) is 11.0 Å². The van der Waals surface area contributed by atoms with E-state index in [1.54, 1.807) is 0 Å². The predicted molar refractivity (Wildman–Crippen MR) is 186 cm³/mol. The fraction of sp³-hybridized carbons (Fsp3) is 0.119. The zero-order valence-electron chi connectivity index (χ0n) is 25.5. The third-order valence-corrected chi connectivity index (χ3v) is 9.45. The molecule has 3 aliphatic rings. The lowest BCUT2D eigenvalue weighted by Crippen LogP contribution is -2.36. The maximum Gasteiger partial charge on any atom is 0.0877 e. The zero-order chi connectivity index (χ0) is 30.4. The van der Waals surface area contributed by atoms with Crippen molar-refractivity contribution < 1.29 is 0 Å². The van der Waals surface area contributed by atoms with Crippen LogP contribution in [0.1, 0.15) is 42.3 Å². The molecular formula is C42H35N3. The third kappa shape index (κ3) is 4.91. The number of hydrogen-bond acceptors (Lipinski definition) is 3. The molecule has 2 atom stereocenters. The first kappa shape index (κ1) is 27.2. The summed E-state index contributed by atoms with van der Waals surface area (Å²) < 4.78 is 0. The standard InChI is InChI=1S/C42H35N3/c1-42(2)36-13-7-6-12-34(36)35-21-19-31(24-37(35)42)29-15-17-30(18-16-29)32-20-22-39(44-27-32)41-26-33(28-10-4-3-5-11-28)25-40(45-41)38-14-8-9-23-43-38/h3-27,38,41,43,45H,1-2H3.